The third kappa shape index (κ3) is 4.04. The van der Waals surface area contributed by atoms with Crippen LogP contribution >= 0.6 is 11.6 Å². The van der Waals surface area contributed by atoms with E-state index in [4.69, 9.17) is 16.3 Å². The Hall–Kier alpha value is -2.27. The second kappa shape index (κ2) is 7.74. The molecule has 0 bridgehead atoms. The first-order chi connectivity index (χ1) is 12.1. The number of amides is 1. The zero-order valence-electron chi connectivity index (χ0n) is 14.0. The molecule has 6 heteroatoms. The third-order valence-corrected chi connectivity index (χ3v) is 4.58. The van der Waals surface area contributed by atoms with Crippen LogP contribution in [-0.4, -0.2) is 43.1 Å². The highest BCUT2D eigenvalue weighted by Gasteiger charge is 2.27. The van der Waals surface area contributed by atoms with Crippen molar-refractivity contribution in [3.63, 3.8) is 0 Å². The van der Waals surface area contributed by atoms with E-state index in [1.54, 1.807) is 36.1 Å². The van der Waals surface area contributed by atoms with Gasteiger partial charge in [-0.25, -0.2) is 4.39 Å². The Kier molecular flexibility index (Phi) is 5.43. The maximum absolute atomic E-state index is 13.9. The Morgan fingerprint density at radius 3 is 2.40 bits per heavy atom. The van der Waals surface area contributed by atoms with Gasteiger partial charge in [0.15, 0.2) is 6.10 Å². The van der Waals surface area contributed by atoms with Gasteiger partial charge in [-0.3, -0.25) is 4.79 Å². The van der Waals surface area contributed by atoms with Crippen molar-refractivity contribution in [2.75, 3.05) is 31.1 Å². The maximum atomic E-state index is 13.9. The molecule has 0 N–H and O–H groups in total. The van der Waals surface area contributed by atoms with E-state index in [9.17, 15) is 9.18 Å². The lowest BCUT2D eigenvalue weighted by molar-refractivity contribution is -0.138. The van der Waals surface area contributed by atoms with Crippen molar-refractivity contribution in [2.24, 2.45) is 0 Å². The molecule has 1 amide bonds. The molecule has 4 nitrogen and oxygen atoms in total. The van der Waals surface area contributed by atoms with Gasteiger partial charge in [-0.15, -0.1) is 0 Å². The van der Waals surface area contributed by atoms with Crippen LogP contribution in [0.1, 0.15) is 6.92 Å². The summed E-state index contributed by atoms with van der Waals surface area (Å²) in [6, 6.07) is 13.8. The molecule has 1 aliphatic rings. The van der Waals surface area contributed by atoms with Gasteiger partial charge in [0, 0.05) is 26.2 Å². The number of rotatable bonds is 4. The number of para-hydroxylation sites is 2. The molecular formula is C19H20ClFN2O2. The van der Waals surface area contributed by atoms with Crippen LogP contribution in [-0.2, 0) is 4.79 Å². The Bertz CT molecular complexity index is 748. The molecule has 0 saturated carbocycles. The van der Waals surface area contributed by atoms with E-state index in [-0.39, 0.29) is 11.7 Å². The van der Waals surface area contributed by atoms with Crippen LogP contribution < -0.4 is 9.64 Å². The number of carbonyl (C=O) groups excluding carboxylic acids is 1. The van der Waals surface area contributed by atoms with Crippen molar-refractivity contribution in [1.82, 2.24) is 4.90 Å². The van der Waals surface area contributed by atoms with Gasteiger partial charge in [-0.05, 0) is 31.2 Å². The highest BCUT2D eigenvalue weighted by Crippen LogP contribution is 2.25. The molecule has 1 aliphatic heterocycles. The first-order valence-corrected chi connectivity index (χ1v) is 8.63. The SMILES string of the molecule is CC(Oc1ccccc1Cl)C(=O)N1CCN(c2ccccc2F)CC1. The molecule has 0 aliphatic carbocycles. The summed E-state index contributed by atoms with van der Waals surface area (Å²) in [5.74, 6) is 0.167. The van der Waals surface area contributed by atoms with Gasteiger partial charge in [0.25, 0.3) is 5.91 Å². The lowest BCUT2D eigenvalue weighted by Gasteiger charge is -2.37. The molecule has 1 unspecified atom stereocenters. The van der Waals surface area contributed by atoms with Crippen molar-refractivity contribution in [3.05, 3.63) is 59.4 Å². The van der Waals surface area contributed by atoms with E-state index in [1.807, 2.05) is 23.1 Å². The third-order valence-electron chi connectivity index (χ3n) is 4.27. The van der Waals surface area contributed by atoms with Crippen LogP contribution in [0.2, 0.25) is 5.02 Å². The summed E-state index contributed by atoms with van der Waals surface area (Å²) in [6.45, 7) is 3.96. The van der Waals surface area contributed by atoms with Crippen LogP contribution in [0.3, 0.4) is 0 Å². The first-order valence-electron chi connectivity index (χ1n) is 8.25. The van der Waals surface area contributed by atoms with Gasteiger partial charge in [0.2, 0.25) is 0 Å². The number of benzene rings is 2. The molecule has 132 valence electrons. The Balaban J connectivity index is 1.58. The highest BCUT2D eigenvalue weighted by molar-refractivity contribution is 6.32. The second-order valence-corrected chi connectivity index (χ2v) is 6.36. The van der Waals surface area contributed by atoms with Gasteiger partial charge in [-0.1, -0.05) is 35.9 Å². The summed E-state index contributed by atoms with van der Waals surface area (Å²) in [5.41, 5.74) is 0.579. The average Bonchev–Trinajstić information content (AvgIpc) is 2.63. The minimum absolute atomic E-state index is 0.0897. The Morgan fingerprint density at radius 2 is 1.72 bits per heavy atom. The lowest BCUT2D eigenvalue weighted by Crippen LogP contribution is -2.52. The largest absolute Gasteiger partial charge is 0.479 e. The smallest absolute Gasteiger partial charge is 0.263 e. The van der Waals surface area contributed by atoms with E-state index >= 15 is 0 Å². The fourth-order valence-electron chi connectivity index (χ4n) is 2.91. The fourth-order valence-corrected chi connectivity index (χ4v) is 3.09. The summed E-state index contributed by atoms with van der Waals surface area (Å²) >= 11 is 6.07. The predicted octanol–water partition coefficient (Wildman–Crippen LogP) is 3.60. The van der Waals surface area contributed by atoms with Crippen molar-refractivity contribution >= 4 is 23.2 Å². The Labute approximate surface area is 151 Å². The summed E-state index contributed by atoms with van der Waals surface area (Å²) in [7, 11) is 0. The van der Waals surface area contributed by atoms with Crippen LogP contribution in [0.15, 0.2) is 48.5 Å². The fraction of sp³-hybridized carbons (Fsp3) is 0.316. The number of anilines is 1. The van der Waals surface area contributed by atoms with Crippen molar-refractivity contribution in [3.8, 4) is 5.75 Å². The van der Waals surface area contributed by atoms with Gasteiger partial charge in [-0.2, -0.15) is 0 Å². The molecule has 1 heterocycles. The van der Waals surface area contributed by atoms with E-state index in [1.165, 1.54) is 6.07 Å². The summed E-state index contributed by atoms with van der Waals surface area (Å²) in [6.07, 6.45) is -0.625. The minimum atomic E-state index is -0.625. The molecule has 1 saturated heterocycles. The van der Waals surface area contributed by atoms with Gasteiger partial charge in [0.1, 0.15) is 11.6 Å². The normalized spacial score (nSPS) is 15.8. The molecule has 2 aromatic carbocycles. The van der Waals surface area contributed by atoms with E-state index in [0.717, 1.165) is 0 Å². The van der Waals surface area contributed by atoms with Crippen molar-refractivity contribution in [1.29, 1.82) is 0 Å². The number of nitrogens with zero attached hydrogens (tertiary/aromatic N) is 2. The number of ether oxygens (including phenoxy) is 1. The summed E-state index contributed by atoms with van der Waals surface area (Å²) in [4.78, 5) is 16.3. The number of carbonyl (C=O) groups is 1. The number of hydrogen-bond acceptors (Lipinski definition) is 3. The number of halogens is 2. The zero-order valence-corrected chi connectivity index (χ0v) is 14.7. The van der Waals surface area contributed by atoms with Crippen LogP contribution in [0.5, 0.6) is 5.75 Å². The summed E-state index contributed by atoms with van der Waals surface area (Å²) < 4.78 is 19.6. The molecule has 0 radical (unpaired) electrons. The van der Waals surface area contributed by atoms with Gasteiger partial charge < -0.3 is 14.5 Å². The molecule has 25 heavy (non-hydrogen) atoms. The molecule has 1 atom stereocenters. The van der Waals surface area contributed by atoms with Crippen LogP contribution in [0.4, 0.5) is 10.1 Å². The number of piperazine rings is 1. The van der Waals surface area contributed by atoms with Crippen LogP contribution in [0.25, 0.3) is 0 Å². The minimum Gasteiger partial charge on any atom is -0.479 e. The predicted molar refractivity (Wildman–Crippen MR) is 96.7 cm³/mol. The topological polar surface area (TPSA) is 32.8 Å². The first kappa shape index (κ1) is 17.5. The standard InChI is InChI=1S/C19H20ClFN2O2/c1-14(25-18-9-5-2-6-15(18)20)19(24)23-12-10-22(11-13-23)17-8-4-3-7-16(17)21/h2-9,14H,10-13H2,1H3. The highest BCUT2D eigenvalue weighted by atomic mass is 35.5. The van der Waals surface area contributed by atoms with Crippen LogP contribution in [0, 0.1) is 5.82 Å². The van der Waals surface area contributed by atoms with E-state index < -0.39 is 6.10 Å². The van der Waals surface area contributed by atoms with E-state index in [0.29, 0.717) is 42.6 Å². The molecule has 0 spiro atoms. The molecule has 3 rings (SSSR count). The second-order valence-electron chi connectivity index (χ2n) is 5.95. The zero-order chi connectivity index (χ0) is 17.8. The number of hydrogen-bond donors (Lipinski definition) is 0. The van der Waals surface area contributed by atoms with Gasteiger partial charge in [0.05, 0.1) is 10.7 Å². The van der Waals surface area contributed by atoms with Crippen molar-refractivity contribution < 1.29 is 13.9 Å². The monoisotopic (exact) mass is 362 g/mol. The van der Waals surface area contributed by atoms with Crippen molar-refractivity contribution in [2.45, 2.75) is 13.0 Å². The molecule has 2 aromatic rings. The van der Waals surface area contributed by atoms with Gasteiger partial charge >= 0.3 is 0 Å². The maximum Gasteiger partial charge on any atom is 0.263 e. The summed E-state index contributed by atoms with van der Waals surface area (Å²) in [5, 5.41) is 0.478. The Morgan fingerprint density at radius 1 is 1.08 bits per heavy atom. The molecular weight excluding hydrogens is 343 g/mol. The lowest BCUT2D eigenvalue weighted by atomic mass is 10.2. The van der Waals surface area contributed by atoms with E-state index in [2.05, 4.69) is 0 Å². The quantitative estimate of drug-likeness (QED) is 0.833. The molecule has 0 aromatic heterocycles. The molecule has 1 fully saturated rings. The average molecular weight is 363 g/mol.